The van der Waals surface area contributed by atoms with Crippen molar-refractivity contribution in [3.63, 3.8) is 0 Å². The molecule has 4 nitrogen and oxygen atoms in total. The smallest absolute Gasteiger partial charge is 0.371 e. The quantitative estimate of drug-likeness (QED) is 0.438. The first-order valence-corrected chi connectivity index (χ1v) is 6.79. The lowest BCUT2D eigenvalue weighted by Gasteiger charge is -2.27. The van der Waals surface area contributed by atoms with Gasteiger partial charge in [0.05, 0.1) is 19.4 Å². The number of halogens is 4. The van der Waals surface area contributed by atoms with Crippen molar-refractivity contribution in [2.24, 2.45) is 0 Å². The molecule has 0 amide bonds. The van der Waals surface area contributed by atoms with Crippen LogP contribution >= 0.6 is 0 Å². The number of esters is 1. The predicted molar refractivity (Wildman–Crippen MR) is 64.5 cm³/mol. The Labute approximate surface area is 120 Å². The second-order valence-corrected chi connectivity index (χ2v) is 5.07. The predicted octanol–water partition coefficient (Wildman–Crippen LogP) is 2.27. The topological polar surface area (TPSA) is 66.4 Å². The minimum atomic E-state index is -5.21. The van der Waals surface area contributed by atoms with Gasteiger partial charge < -0.3 is 9.29 Å². The fourth-order valence-corrected chi connectivity index (χ4v) is 1.72. The van der Waals surface area contributed by atoms with E-state index in [9.17, 15) is 31.1 Å². The summed E-state index contributed by atoms with van der Waals surface area (Å²) < 4.78 is 75.9. The van der Waals surface area contributed by atoms with Crippen LogP contribution in [0, 0.1) is 0 Å². The number of hydrogen-bond donors (Lipinski definition) is 0. The van der Waals surface area contributed by atoms with Crippen LogP contribution in [0.5, 0.6) is 0 Å². The van der Waals surface area contributed by atoms with Crippen molar-refractivity contribution in [2.75, 3.05) is 6.61 Å². The molecule has 0 aliphatic rings. The molecule has 0 N–H and O–H groups in total. The maximum absolute atomic E-state index is 13.0. The molecule has 9 heteroatoms. The molecule has 0 bridgehead atoms. The number of ether oxygens (including phenoxy) is 1. The molecule has 21 heavy (non-hydrogen) atoms. The first-order valence-electron chi connectivity index (χ1n) is 5.71. The highest BCUT2D eigenvalue weighted by molar-refractivity contribution is 7.80. The zero-order valence-corrected chi connectivity index (χ0v) is 11.4. The normalized spacial score (nSPS) is 13.8. The summed E-state index contributed by atoms with van der Waals surface area (Å²) in [6.07, 6.45) is -1.79. The molecule has 1 aromatic carbocycles. The standard InChI is InChI=1S/C12H12F4O4S/c13-11(14,12(15,16)21(18)19)6-7-20-10(17)8-9-4-2-1-3-5-9/h1-5H,6-8H2,(H,18,19)/p-1. The monoisotopic (exact) mass is 327 g/mol. The van der Waals surface area contributed by atoms with Gasteiger partial charge in [-0.05, 0) is 5.56 Å². The molecule has 118 valence electrons. The molecule has 1 unspecified atom stereocenters. The van der Waals surface area contributed by atoms with Crippen LogP contribution in [-0.4, -0.2) is 32.5 Å². The van der Waals surface area contributed by atoms with Gasteiger partial charge >= 0.3 is 17.1 Å². The summed E-state index contributed by atoms with van der Waals surface area (Å²) >= 11 is -4.26. The van der Waals surface area contributed by atoms with Gasteiger partial charge in [-0.3, -0.25) is 9.00 Å². The molecule has 0 heterocycles. The van der Waals surface area contributed by atoms with E-state index < -0.39 is 41.3 Å². The van der Waals surface area contributed by atoms with E-state index in [0.717, 1.165) is 0 Å². The van der Waals surface area contributed by atoms with Gasteiger partial charge in [-0.2, -0.15) is 17.6 Å². The highest BCUT2D eigenvalue weighted by atomic mass is 32.2. The molecule has 1 aromatic rings. The number of carbonyl (C=O) groups excluding carboxylic acids is 1. The van der Waals surface area contributed by atoms with E-state index in [1.807, 2.05) is 0 Å². The van der Waals surface area contributed by atoms with Crippen LogP contribution in [-0.2, 0) is 27.0 Å². The Kier molecular flexibility index (Phi) is 5.85. The largest absolute Gasteiger partial charge is 0.768 e. The summed E-state index contributed by atoms with van der Waals surface area (Å²) in [5.41, 5.74) is 0.570. The summed E-state index contributed by atoms with van der Waals surface area (Å²) in [6.45, 7) is -1.01. The molecule has 0 saturated heterocycles. The summed E-state index contributed by atoms with van der Waals surface area (Å²) in [5, 5.41) is -5.21. The Balaban J connectivity index is 2.46. The highest BCUT2D eigenvalue weighted by Gasteiger charge is 2.57. The van der Waals surface area contributed by atoms with E-state index in [4.69, 9.17) is 0 Å². The van der Waals surface area contributed by atoms with Crippen molar-refractivity contribution in [2.45, 2.75) is 24.0 Å². The van der Waals surface area contributed by atoms with E-state index in [2.05, 4.69) is 4.74 Å². The zero-order valence-electron chi connectivity index (χ0n) is 10.6. The van der Waals surface area contributed by atoms with Crippen molar-refractivity contribution in [3.8, 4) is 0 Å². The Morgan fingerprint density at radius 1 is 1.19 bits per heavy atom. The van der Waals surface area contributed by atoms with Gasteiger partial charge in [-0.25, -0.2) is 0 Å². The van der Waals surface area contributed by atoms with E-state index in [1.165, 1.54) is 0 Å². The van der Waals surface area contributed by atoms with E-state index in [0.29, 0.717) is 5.56 Å². The third-order valence-electron chi connectivity index (χ3n) is 2.51. The molecule has 1 atom stereocenters. The molecule has 1 rings (SSSR count). The minimum absolute atomic E-state index is 0.198. The van der Waals surface area contributed by atoms with Crippen molar-refractivity contribution in [1.82, 2.24) is 0 Å². The van der Waals surface area contributed by atoms with Crippen LogP contribution in [0.3, 0.4) is 0 Å². The van der Waals surface area contributed by atoms with Gasteiger partial charge in [-0.15, -0.1) is 0 Å². The van der Waals surface area contributed by atoms with Crippen LogP contribution in [0.25, 0.3) is 0 Å². The second kappa shape index (κ2) is 6.99. The molecule has 0 aliphatic heterocycles. The second-order valence-electron chi connectivity index (χ2n) is 4.09. The molecule has 0 aliphatic carbocycles. The van der Waals surface area contributed by atoms with E-state index in [-0.39, 0.29) is 6.42 Å². The highest BCUT2D eigenvalue weighted by Crippen LogP contribution is 2.38. The van der Waals surface area contributed by atoms with Crippen LogP contribution in [0.4, 0.5) is 17.6 Å². The van der Waals surface area contributed by atoms with Crippen molar-refractivity contribution in [3.05, 3.63) is 35.9 Å². The SMILES string of the molecule is O=C(Cc1ccccc1)OCCC(F)(F)C(F)(F)S(=O)[O-]. The summed E-state index contributed by atoms with van der Waals surface area (Å²) in [7, 11) is 0. The number of benzene rings is 1. The Morgan fingerprint density at radius 3 is 2.29 bits per heavy atom. The number of carbonyl (C=O) groups is 1. The Morgan fingerprint density at radius 2 is 1.76 bits per heavy atom. The molecule has 0 aromatic heterocycles. The van der Waals surface area contributed by atoms with E-state index in [1.54, 1.807) is 30.3 Å². The van der Waals surface area contributed by atoms with Crippen LogP contribution < -0.4 is 0 Å². The van der Waals surface area contributed by atoms with Crippen molar-refractivity contribution in [1.29, 1.82) is 0 Å². The molecular formula is C12H11F4O4S-. The molecule has 0 radical (unpaired) electrons. The zero-order chi connectivity index (χ0) is 16.1. The van der Waals surface area contributed by atoms with Crippen molar-refractivity contribution < 1.29 is 35.9 Å². The number of alkyl halides is 4. The fraction of sp³-hybridized carbons (Fsp3) is 0.417. The lowest BCUT2D eigenvalue weighted by atomic mass is 10.1. The first-order chi connectivity index (χ1) is 9.67. The molecule has 0 saturated carbocycles. The van der Waals surface area contributed by atoms with Gasteiger partial charge in [0.15, 0.2) is 0 Å². The van der Waals surface area contributed by atoms with Crippen LogP contribution in [0.15, 0.2) is 30.3 Å². The molecule has 0 fully saturated rings. The number of hydrogen-bond acceptors (Lipinski definition) is 4. The Bertz CT molecular complexity index is 507. The van der Waals surface area contributed by atoms with Crippen LogP contribution in [0.2, 0.25) is 0 Å². The molecular weight excluding hydrogens is 316 g/mol. The fourth-order valence-electron chi connectivity index (χ4n) is 1.37. The minimum Gasteiger partial charge on any atom is -0.768 e. The van der Waals surface area contributed by atoms with Gasteiger partial charge in [0, 0.05) is 11.1 Å². The van der Waals surface area contributed by atoms with Gasteiger partial charge in [-0.1, -0.05) is 30.3 Å². The van der Waals surface area contributed by atoms with Gasteiger partial charge in [0.2, 0.25) is 0 Å². The Hall–Kier alpha value is -1.48. The number of rotatable bonds is 7. The maximum Gasteiger partial charge on any atom is 0.371 e. The van der Waals surface area contributed by atoms with Crippen LogP contribution in [0.1, 0.15) is 12.0 Å². The average molecular weight is 327 g/mol. The lowest BCUT2D eigenvalue weighted by Crippen LogP contribution is -2.44. The van der Waals surface area contributed by atoms with Crippen molar-refractivity contribution >= 4 is 17.0 Å². The third kappa shape index (κ3) is 4.78. The van der Waals surface area contributed by atoms with E-state index >= 15 is 0 Å². The summed E-state index contributed by atoms with van der Waals surface area (Å²) in [4.78, 5) is 11.3. The lowest BCUT2D eigenvalue weighted by molar-refractivity contribution is -0.172. The first kappa shape index (κ1) is 17.6. The third-order valence-corrected chi connectivity index (χ3v) is 3.22. The average Bonchev–Trinajstić information content (AvgIpc) is 2.39. The van der Waals surface area contributed by atoms with Gasteiger partial charge in [0.1, 0.15) is 0 Å². The summed E-state index contributed by atoms with van der Waals surface area (Å²) in [5.74, 6) is -5.68. The summed E-state index contributed by atoms with van der Waals surface area (Å²) in [6, 6.07) is 8.22. The maximum atomic E-state index is 13.0. The van der Waals surface area contributed by atoms with Gasteiger partial charge in [0.25, 0.3) is 0 Å². The molecule has 0 spiro atoms.